The Morgan fingerprint density at radius 2 is 1.57 bits per heavy atom. The second-order valence-corrected chi connectivity index (χ2v) is 5.16. The lowest BCUT2D eigenvalue weighted by molar-refractivity contribution is -0.114. The highest BCUT2D eigenvalue weighted by molar-refractivity contribution is 5.96. The van der Waals surface area contributed by atoms with E-state index in [9.17, 15) is 9.59 Å². The van der Waals surface area contributed by atoms with Gasteiger partial charge in [0.25, 0.3) is 0 Å². The van der Waals surface area contributed by atoms with E-state index in [1.807, 2.05) is 36.4 Å². The van der Waals surface area contributed by atoms with Crippen LogP contribution in [0.1, 0.15) is 17.3 Å². The van der Waals surface area contributed by atoms with Crippen LogP contribution < -0.4 is 10.1 Å². The summed E-state index contributed by atoms with van der Waals surface area (Å²) in [5.41, 5.74) is 1.15. The fourth-order valence-corrected chi connectivity index (χ4v) is 2.29. The van der Waals surface area contributed by atoms with Gasteiger partial charge in [-0.05, 0) is 47.2 Å². The summed E-state index contributed by atoms with van der Waals surface area (Å²) in [6.45, 7) is 1.44. The molecular formula is C19H15NO3. The van der Waals surface area contributed by atoms with Gasteiger partial charge in [0.2, 0.25) is 5.91 Å². The van der Waals surface area contributed by atoms with Crippen molar-refractivity contribution >= 4 is 28.3 Å². The van der Waals surface area contributed by atoms with Crippen LogP contribution in [0.5, 0.6) is 5.75 Å². The quantitative estimate of drug-likeness (QED) is 0.587. The van der Waals surface area contributed by atoms with Crippen LogP contribution in [0.25, 0.3) is 10.8 Å². The normalized spacial score (nSPS) is 10.3. The van der Waals surface area contributed by atoms with E-state index >= 15 is 0 Å². The Balaban J connectivity index is 1.76. The van der Waals surface area contributed by atoms with E-state index in [2.05, 4.69) is 5.32 Å². The number of hydrogen-bond acceptors (Lipinski definition) is 3. The molecule has 0 bridgehead atoms. The highest BCUT2D eigenvalue weighted by Gasteiger charge is 2.09. The molecule has 0 aliphatic rings. The van der Waals surface area contributed by atoms with Gasteiger partial charge in [0.15, 0.2) is 0 Å². The lowest BCUT2D eigenvalue weighted by Gasteiger charge is -2.07. The molecule has 23 heavy (non-hydrogen) atoms. The van der Waals surface area contributed by atoms with Gasteiger partial charge in [-0.25, -0.2) is 4.79 Å². The van der Waals surface area contributed by atoms with Gasteiger partial charge in [-0.15, -0.1) is 0 Å². The molecule has 3 aromatic carbocycles. The van der Waals surface area contributed by atoms with Crippen LogP contribution >= 0.6 is 0 Å². The number of ether oxygens (including phenoxy) is 1. The van der Waals surface area contributed by atoms with E-state index in [4.69, 9.17) is 4.74 Å². The number of fused-ring (bicyclic) bond motifs is 1. The highest BCUT2D eigenvalue weighted by atomic mass is 16.5. The van der Waals surface area contributed by atoms with Crippen molar-refractivity contribution in [1.29, 1.82) is 0 Å². The second-order valence-electron chi connectivity index (χ2n) is 5.16. The molecule has 0 aliphatic carbocycles. The number of anilines is 1. The van der Waals surface area contributed by atoms with Crippen molar-refractivity contribution in [3.8, 4) is 5.75 Å². The van der Waals surface area contributed by atoms with E-state index in [-0.39, 0.29) is 5.91 Å². The largest absolute Gasteiger partial charge is 0.423 e. The molecule has 0 spiro atoms. The van der Waals surface area contributed by atoms with Gasteiger partial charge in [-0.1, -0.05) is 30.3 Å². The molecule has 1 N–H and O–H groups in total. The van der Waals surface area contributed by atoms with E-state index in [1.54, 1.807) is 30.3 Å². The number of esters is 1. The minimum Gasteiger partial charge on any atom is -0.423 e. The number of nitrogens with one attached hydrogen (secondary N) is 1. The van der Waals surface area contributed by atoms with Gasteiger partial charge in [0, 0.05) is 12.6 Å². The Bertz CT molecular complexity index is 869. The zero-order valence-corrected chi connectivity index (χ0v) is 12.6. The molecule has 0 aromatic heterocycles. The maximum absolute atomic E-state index is 12.2. The van der Waals surface area contributed by atoms with Crippen molar-refractivity contribution in [2.45, 2.75) is 6.92 Å². The average Bonchev–Trinajstić information content (AvgIpc) is 2.55. The van der Waals surface area contributed by atoms with Crippen LogP contribution in [0, 0.1) is 0 Å². The first kappa shape index (κ1) is 14.8. The predicted octanol–water partition coefficient (Wildman–Crippen LogP) is 4.02. The highest BCUT2D eigenvalue weighted by Crippen LogP contribution is 2.19. The number of benzene rings is 3. The van der Waals surface area contributed by atoms with Gasteiger partial charge in [0.05, 0.1) is 5.56 Å². The summed E-state index contributed by atoms with van der Waals surface area (Å²) >= 11 is 0. The Hall–Kier alpha value is -3.14. The first-order valence-electron chi connectivity index (χ1n) is 7.20. The number of rotatable bonds is 3. The number of carbonyl (C=O) groups excluding carboxylic acids is 2. The third-order valence-corrected chi connectivity index (χ3v) is 3.37. The average molecular weight is 305 g/mol. The van der Waals surface area contributed by atoms with E-state index < -0.39 is 5.97 Å². The van der Waals surface area contributed by atoms with Gasteiger partial charge in [-0.3, -0.25) is 4.79 Å². The van der Waals surface area contributed by atoms with E-state index in [0.29, 0.717) is 17.0 Å². The summed E-state index contributed by atoms with van der Waals surface area (Å²) in [7, 11) is 0. The van der Waals surface area contributed by atoms with E-state index in [0.717, 1.165) is 10.8 Å². The maximum Gasteiger partial charge on any atom is 0.343 e. The molecule has 0 saturated heterocycles. The lowest BCUT2D eigenvalue weighted by atomic mass is 10.1. The summed E-state index contributed by atoms with van der Waals surface area (Å²) < 4.78 is 5.36. The van der Waals surface area contributed by atoms with Crippen molar-refractivity contribution in [2.24, 2.45) is 0 Å². The Morgan fingerprint density at radius 3 is 2.26 bits per heavy atom. The zero-order valence-electron chi connectivity index (χ0n) is 12.6. The molecule has 3 aromatic rings. The summed E-state index contributed by atoms with van der Waals surface area (Å²) in [4.78, 5) is 23.2. The first-order chi connectivity index (χ1) is 11.1. The molecule has 4 heteroatoms. The predicted molar refractivity (Wildman–Crippen MR) is 89.7 cm³/mol. The molecule has 0 saturated carbocycles. The van der Waals surface area contributed by atoms with Crippen molar-refractivity contribution in [1.82, 2.24) is 0 Å². The molecule has 114 valence electrons. The minimum absolute atomic E-state index is 0.147. The number of hydrogen-bond donors (Lipinski definition) is 1. The van der Waals surface area contributed by atoms with Crippen LogP contribution in [-0.2, 0) is 4.79 Å². The SMILES string of the molecule is CC(=O)Nc1ccc(OC(=O)c2ccc3ccccc3c2)cc1. The van der Waals surface area contributed by atoms with Gasteiger partial charge in [0.1, 0.15) is 5.75 Å². The zero-order chi connectivity index (χ0) is 16.2. The fourth-order valence-electron chi connectivity index (χ4n) is 2.29. The van der Waals surface area contributed by atoms with Crippen molar-refractivity contribution in [3.05, 3.63) is 72.3 Å². The van der Waals surface area contributed by atoms with Crippen LogP contribution in [-0.4, -0.2) is 11.9 Å². The first-order valence-corrected chi connectivity index (χ1v) is 7.20. The summed E-state index contributed by atoms with van der Waals surface area (Å²) in [5, 5.41) is 4.72. The molecule has 0 unspecified atom stereocenters. The Morgan fingerprint density at radius 1 is 0.870 bits per heavy atom. The molecule has 0 aliphatic heterocycles. The Labute approximate surface area is 133 Å². The number of amides is 1. The van der Waals surface area contributed by atoms with Crippen molar-refractivity contribution < 1.29 is 14.3 Å². The summed E-state index contributed by atoms with van der Waals surface area (Å²) in [6, 6.07) is 19.9. The van der Waals surface area contributed by atoms with Crippen LogP contribution in [0.2, 0.25) is 0 Å². The molecule has 0 radical (unpaired) electrons. The van der Waals surface area contributed by atoms with Crippen molar-refractivity contribution in [2.75, 3.05) is 5.32 Å². The Kier molecular flexibility index (Phi) is 4.06. The standard InChI is InChI=1S/C19H15NO3/c1-13(21)20-17-8-10-18(11-9-17)23-19(22)16-7-6-14-4-2-3-5-15(14)12-16/h2-12H,1H3,(H,20,21). The third-order valence-electron chi connectivity index (χ3n) is 3.37. The molecule has 4 nitrogen and oxygen atoms in total. The van der Waals surface area contributed by atoms with Gasteiger partial charge in [-0.2, -0.15) is 0 Å². The maximum atomic E-state index is 12.2. The smallest absolute Gasteiger partial charge is 0.343 e. The minimum atomic E-state index is -0.414. The molecule has 0 atom stereocenters. The fraction of sp³-hybridized carbons (Fsp3) is 0.0526. The summed E-state index contributed by atoms with van der Waals surface area (Å²) in [5.74, 6) is -0.133. The van der Waals surface area contributed by atoms with Gasteiger partial charge < -0.3 is 10.1 Å². The molecule has 3 rings (SSSR count). The molecule has 0 fully saturated rings. The second kappa shape index (κ2) is 6.32. The van der Waals surface area contributed by atoms with Crippen LogP contribution in [0.4, 0.5) is 5.69 Å². The monoisotopic (exact) mass is 305 g/mol. The topological polar surface area (TPSA) is 55.4 Å². The molecular weight excluding hydrogens is 290 g/mol. The summed E-state index contributed by atoms with van der Waals surface area (Å²) in [6.07, 6.45) is 0. The lowest BCUT2D eigenvalue weighted by Crippen LogP contribution is -2.09. The molecule has 0 heterocycles. The molecule has 1 amide bonds. The van der Waals surface area contributed by atoms with E-state index in [1.165, 1.54) is 6.92 Å². The van der Waals surface area contributed by atoms with Crippen molar-refractivity contribution in [3.63, 3.8) is 0 Å². The third kappa shape index (κ3) is 3.55. The van der Waals surface area contributed by atoms with Crippen LogP contribution in [0.3, 0.4) is 0 Å². The van der Waals surface area contributed by atoms with Gasteiger partial charge >= 0.3 is 5.97 Å². The number of carbonyl (C=O) groups is 2. The van der Waals surface area contributed by atoms with Crippen LogP contribution in [0.15, 0.2) is 66.7 Å².